The van der Waals surface area contributed by atoms with E-state index in [4.69, 9.17) is 23.2 Å². The number of hydrogen-bond acceptors (Lipinski definition) is 6. The Hall–Kier alpha value is -3.52. The van der Waals surface area contributed by atoms with E-state index in [2.05, 4.69) is 120 Å². The molecule has 6 heterocycles. The van der Waals surface area contributed by atoms with Crippen LogP contribution < -0.4 is 0 Å². The zero-order chi connectivity index (χ0) is 53.8. The molecule has 384 valence electrons. The lowest BCUT2D eigenvalue weighted by Crippen LogP contribution is -1.69. The molecule has 0 aliphatic rings. The van der Waals surface area contributed by atoms with E-state index < -0.39 is 0 Å². The number of halogens is 6. The smallest absolute Gasteiger partial charge is 0.140 e. The minimum atomic E-state index is -0.157. The van der Waals surface area contributed by atoms with Gasteiger partial charge >= 0.3 is 0 Å². The highest BCUT2D eigenvalue weighted by molar-refractivity contribution is 9.11. The van der Waals surface area contributed by atoms with Gasteiger partial charge in [0.25, 0.3) is 0 Å². The molecule has 0 atom stereocenters. The van der Waals surface area contributed by atoms with E-state index in [1.165, 1.54) is 68.3 Å². The van der Waals surface area contributed by atoms with Crippen LogP contribution in [0, 0.1) is 11.6 Å². The molecule has 12 aromatic rings. The van der Waals surface area contributed by atoms with Gasteiger partial charge in [0.1, 0.15) is 11.6 Å². The third kappa shape index (κ3) is 22.1. The third-order valence-corrected chi connectivity index (χ3v) is 16.1. The molecule has 0 aliphatic heterocycles. The van der Waals surface area contributed by atoms with Crippen LogP contribution in [0.25, 0.3) is 60.5 Å². The number of rotatable bonds is 0. The van der Waals surface area contributed by atoms with Gasteiger partial charge in [0.05, 0.1) is 14.4 Å². The fourth-order valence-electron chi connectivity index (χ4n) is 5.66. The predicted molar refractivity (Wildman–Crippen MR) is 344 cm³/mol. The first-order valence-electron chi connectivity index (χ1n) is 24.0. The Bertz CT molecular complexity index is 2890. The molecule has 0 aliphatic carbocycles. The first-order chi connectivity index (χ1) is 35.2. The zero-order valence-electron chi connectivity index (χ0n) is 43.0. The van der Waals surface area contributed by atoms with Crippen molar-refractivity contribution in [2.75, 3.05) is 0 Å². The summed E-state index contributed by atoms with van der Waals surface area (Å²) in [6, 6.07) is 46.7. The van der Waals surface area contributed by atoms with E-state index in [0.29, 0.717) is 0 Å². The lowest BCUT2D eigenvalue weighted by molar-refractivity contribution is 0.630. The van der Waals surface area contributed by atoms with E-state index in [1.807, 2.05) is 142 Å². The normalized spacial score (nSPS) is 9.25. The Morgan fingerprint density at radius 3 is 1.25 bits per heavy atom. The van der Waals surface area contributed by atoms with Crippen molar-refractivity contribution in [3.8, 4) is 0 Å². The Morgan fingerprint density at radius 1 is 0.347 bits per heavy atom. The second-order valence-corrected chi connectivity index (χ2v) is 20.7. The van der Waals surface area contributed by atoms with Crippen LogP contribution in [0.1, 0.15) is 83.1 Å². The van der Waals surface area contributed by atoms with Gasteiger partial charge < -0.3 is 0 Å². The van der Waals surface area contributed by atoms with Gasteiger partial charge in [-0.3, -0.25) is 0 Å². The van der Waals surface area contributed by atoms with Gasteiger partial charge in [0, 0.05) is 32.8 Å². The fourth-order valence-corrected chi connectivity index (χ4v) is 12.3. The molecule has 0 saturated carbocycles. The van der Waals surface area contributed by atoms with E-state index in [-0.39, 0.29) is 11.6 Å². The van der Waals surface area contributed by atoms with Crippen molar-refractivity contribution in [2.24, 2.45) is 0 Å². The van der Waals surface area contributed by atoms with Crippen LogP contribution in [-0.2, 0) is 0 Å². The van der Waals surface area contributed by atoms with E-state index >= 15 is 0 Å². The summed E-state index contributed by atoms with van der Waals surface area (Å²) >= 11 is 28.5. The zero-order valence-corrected chi connectivity index (χ0v) is 52.6. The molecule has 0 N–H and O–H groups in total. The number of fused-ring (bicyclic) bond motifs is 6. The standard InChI is InChI=1S/2C8H5BrS.2C8H5ClS.2C8H5FS.6C2H6/c9-7-2-1-6-3-4-10-8(6)5-7;9-7-3-1-2-6-4-5-10-8(6)7;9-7-2-1-6-3-4-10-8(6)5-7;9-7-3-1-2-6-4-5-10-8(6)7;9-7-2-1-6-3-4-10-8(6)5-7;9-7-3-1-2-6-4-5-10-8(6)7;6*1-2/h6*1-5H;6*1-2H3. The first kappa shape index (κ1) is 66.5. The van der Waals surface area contributed by atoms with Crippen LogP contribution in [0.5, 0.6) is 0 Å². The molecule has 0 bridgehead atoms. The highest BCUT2D eigenvalue weighted by Gasteiger charge is 2.00. The molecule has 0 spiro atoms. The minimum Gasteiger partial charge on any atom is -0.207 e. The number of benzene rings is 6. The Morgan fingerprint density at radius 2 is 0.736 bits per heavy atom. The molecule has 0 saturated heterocycles. The molecule has 12 heteroatoms. The fraction of sp³-hybridized carbons (Fsp3) is 0.200. The van der Waals surface area contributed by atoms with Crippen molar-refractivity contribution < 1.29 is 8.78 Å². The van der Waals surface area contributed by atoms with Gasteiger partial charge in [-0.15, -0.1) is 68.0 Å². The second-order valence-electron chi connectivity index (χ2n) is 12.5. The van der Waals surface area contributed by atoms with Gasteiger partial charge in [0.2, 0.25) is 0 Å². The van der Waals surface area contributed by atoms with Crippen molar-refractivity contribution in [2.45, 2.75) is 83.1 Å². The van der Waals surface area contributed by atoms with Gasteiger partial charge in [-0.2, -0.15) is 0 Å². The lowest BCUT2D eigenvalue weighted by Gasteiger charge is -1.89. The number of hydrogen-bond donors (Lipinski definition) is 0. The minimum absolute atomic E-state index is 0.118. The Kier molecular flexibility index (Phi) is 36.8. The Labute approximate surface area is 479 Å². The largest absolute Gasteiger partial charge is 0.207 e. The summed E-state index contributed by atoms with van der Waals surface area (Å²) in [4.78, 5) is 0. The van der Waals surface area contributed by atoms with E-state index in [1.54, 1.807) is 74.9 Å². The van der Waals surface area contributed by atoms with E-state index in [0.717, 1.165) is 34.7 Å². The molecule has 0 unspecified atom stereocenters. The summed E-state index contributed by atoms with van der Waals surface area (Å²) in [5, 5.41) is 21.1. The molecule has 6 aromatic carbocycles. The summed E-state index contributed by atoms with van der Waals surface area (Å²) in [6.45, 7) is 24.0. The van der Waals surface area contributed by atoms with Gasteiger partial charge in [-0.05, 0) is 172 Å². The van der Waals surface area contributed by atoms with Crippen LogP contribution in [0.15, 0.2) is 187 Å². The molecule has 0 fully saturated rings. The summed E-state index contributed by atoms with van der Waals surface area (Å²) < 4.78 is 34.6. The van der Waals surface area contributed by atoms with Crippen molar-refractivity contribution in [3.63, 3.8) is 0 Å². The van der Waals surface area contributed by atoms with Crippen LogP contribution in [-0.4, -0.2) is 0 Å². The quantitative estimate of drug-likeness (QED) is 0.142. The van der Waals surface area contributed by atoms with Gasteiger partial charge in [-0.25, -0.2) is 8.78 Å². The van der Waals surface area contributed by atoms with Crippen LogP contribution >= 0.6 is 123 Å². The molecule has 72 heavy (non-hydrogen) atoms. The van der Waals surface area contributed by atoms with Crippen LogP contribution in [0.3, 0.4) is 0 Å². The molecular formula is C60H66Br2Cl2F2S6. The molecule has 12 rings (SSSR count). The second kappa shape index (κ2) is 39.9. The maximum atomic E-state index is 12.8. The number of thiophene rings is 6. The highest BCUT2D eigenvalue weighted by atomic mass is 79.9. The Balaban J connectivity index is 0.000000414. The summed E-state index contributed by atoms with van der Waals surface area (Å²) in [7, 11) is 0. The monoisotopic (exact) mass is 1240 g/mol. The summed E-state index contributed by atoms with van der Waals surface area (Å²) in [5.41, 5.74) is 0. The maximum Gasteiger partial charge on any atom is 0.140 e. The van der Waals surface area contributed by atoms with Gasteiger partial charge in [0.15, 0.2) is 0 Å². The van der Waals surface area contributed by atoms with E-state index in [9.17, 15) is 8.78 Å². The van der Waals surface area contributed by atoms with Crippen LogP contribution in [0.4, 0.5) is 8.78 Å². The summed E-state index contributed by atoms with van der Waals surface area (Å²) in [6.07, 6.45) is 0. The predicted octanol–water partition coefficient (Wildman–Crippen LogP) is 26.7. The molecule has 6 aromatic heterocycles. The SMILES string of the molecule is Brc1ccc2ccsc2c1.Brc1cccc2ccsc12.CC.CC.CC.CC.CC.CC.Clc1ccc2ccsc2c1.Clc1cccc2ccsc12.Fc1ccc2ccsc2c1.Fc1cccc2ccsc12. The van der Waals surface area contributed by atoms with Gasteiger partial charge in [-0.1, -0.05) is 177 Å². The van der Waals surface area contributed by atoms with Crippen molar-refractivity contribution in [3.05, 3.63) is 208 Å². The van der Waals surface area contributed by atoms with Crippen molar-refractivity contribution >= 4 is 184 Å². The molecule has 0 nitrogen and oxygen atoms in total. The maximum absolute atomic E-state index is 12.8. The van der Waals surface area contributed by atoms with Crippen molar-refractivity contribution in [1.82, 2.24) is 0 Å². The molecular weight excluding hydrogens is 1180 g/mol. The average Bonchev–Trinajstić information content (AvgIpc) is 4.30. The molecule has 0 amide bonds. The summed E-state index contributed by atoms with van der Waals surface area (Å²) in [5.74, 6) is -0.276. The van der Waals surface area contributed by atoms with Crippen molar-refractivity contribution in [1.29, 1.82) is 0 Å². The molecule has 0 radical (unpaired) electrons. The average molecular weight is 1250 g/mol. The van der Waals surface area contributed by atoms with Crippen LogP contribution in [0.2, 0.25) is 10.0 Å². The third-order valence-electron chi connectivity index (χ3n) is 8.55. The lowest BCUT2D eigenvalue weighted by atomic mass is 10.3. The first-order valence-corrected chi connectivity index (χ1v) is 31.6. The topological polar surface area (TPSA) is 0 Å². The highest BCUT2D eigenvalue weighted by Crippen LogP contribution is 2.30.